The first-order valence-corrected chi connectivity index (χ1v) is 12.6. The third-order valence-electron chi connectivity index (χ3n) is 5.27. The van der Waals surface area contributed by atoms with Gasteiger partial charge >= 0.3 is 0 Å². The molecule has 3 N–H and O–H groups in total. The van der Waals surface area contributed by atoms with Crippen molar-refractivity contribution in [1.82, 2.24) is 10.6 Å². The summed E-state index contributed by atoms with van der Waals surface area (Å²) in [5, 5.41) is 5.99. The average Bonchev–Trinajstić information content (AvgIpc) is 2.78. The predicted molar refractivity (Wildman–Crippen MR) is 126 cm³/mol. The standard InChI is InChI=1S/C22H25Cl2N3O4S/c23-17-7-9-18(10-8-17)27-32(30,31)20-14-16(6-11-19(20)24)22(29)26-13-12-25-21(28)15-4-2-1-3-5-15/h6-11,14-15,27H,1-5,12-13H2,(H,25,28)(H,26,29). The maximum atomic E-state index is 12.8. The zero-order chi connectivity index (χ0) is 23.1. The number of carbonyl (C=O) groups excluding carboxylic acids is 2. The summed E-state index contributed by atoms with van der Waals surface area (Å²) in [6.07, 6.45) is 5.13. The quantitative estimate of drug-likeness (QED) is 0.474. The lowest BCUT2D eigenvalue weighted by atomic mass is 9.89. The summed E-state index contributed by atoms with van der Waals surface area (Å²) >= 11 is 11.9. The summed E-state index contributed by atoms with van der Waals surface area (Å²) in [4.78, 5) is 24.4. The highest BCUT2D eigenvalue weighted by molar-refractivity contribution is 7.92. The summed E-state index contributed by atoms with van der Waals surface area (Å²) < 4.78 is 27.9. The van der Waals surface area contributed by atoms with E-state index in [2.05, 4.69) is 15.4 Å². The highest BCUT2D eigenvalue weighted by atomic mass is 35.5. The topological polar surface area (TPSA) is 104 Å². The molecule has 172 valence electrons. The van der Waals surface area contributed by atoms with E-state index < -0.39 is 15.9 Å². The van der Waals surface area contributed by atoms with E-state index in [-0.39, 0.29) is 33.9 Å². The van der Waals surface area contributed by atoms with Gasteiger partial charge in [-0.05, 0) is 55.3 Å². The highest BCUT2D eigenvalue weighted by Crippen LogP contribution is 2.26. The number of nitrogens with one attached hydrogen (secondary N) is 3. The molecule has 3 rings (SSSR count). The van der Waals surface area contributed by atoms with E-state index in [1.54, 1.807) is 12.1 Å². The molecule has 0 atom stereocenters. The Morgan fingerprint density at radius 3 is 2.25 bits per heavy atom. The van der Waals surface area contributed by atoms with Crippen molar-refractivity contribution in [3.8, 4) is 0 Å². The van der Waals surface area contributed by atoms with Crippen molar-refractivity contribution in [2.24, 2.45) is 5.92 Å². The molecule has 0 unspecified atom stereocenters. The van der Waals surface area contributed by atoms with E-state index in [9.17, 15) is 18.0 Å². The zero-order valence-electron chi connectivity index (χ0n) is 17.4. The van der Waals surface area contributed by atoms with Gasteiger partial charge in [-0.1, -0.05) is 42.5 Å². The number of hydrogen-bond acceptors (Lipinski definition) is 4. The van der Waals surface area contributed by atoms with Gasteiger partial charge in [-0.15, -0.1) is 0 Å². The number of halogens is 2. The molecule has 2 aromatic carbocycles. The van der Waals surface area contributed by atoms with E-state index in [1.807, 2.05) is 0 Å². The second kappa shape index (κ2) is 11.0. The zero-order valence-corrected chi connectivity index (χ0v) is 19.7. The molecule has 0 spiro atoms. The van der Waals surface area contributed by atoms with Crippen molar-refractivity contribution in [2.75, 3.05) is 17.8 Å². The molecule has 0 heterocycles. The molecule has 10 heteroatoms. The van der Waals surface area contributed by atoms with Gasteiger partial charge in [0.15, 0.2) is 0 Å². The molecule has 0 saturated heterocycles. The van der Waals surface area contributed by atoms with Crippen LogP contribution in [0.4, 0.5) is 5.69 Å². The molecular weight excluding hydrogens is 473 g/mol. The van der Waals surface area contributed by atoms with E-state index in [0.717, 1.165) is 25.7 Å². The molecule has 0 bridgehead atoms. The van der Waals surface area contributed by atoms with Gasteiger partial charge in [-0.25, -0.2) is 8.42 Å². The fourth-order valence-corrected chi connectivity index (χ4v) is 5.26. The lowest BCUT2D eigenvalue weighted by molar-refractivity contribution is -0.125. The van der Waals surface area contributed by atoms with Crippen molar-refractivity contribution in [2.45, 2.75) is 37.0 Å². The van der Waals surface area contributed by atoms with Crippen LogP contribution in [0.5, 0.6) is 0 Å². The molecule has 0 aromatic heterocycles. The predicted octanol–water partition coefficient (Wildman–Crippen LogP) is 4.22. The Kier molecular flexibility index (Phi) is 8.39. The molecule has 2 aromatic rings. The van der Waals surface area contributed by atoms with E-state index in [4.69, 9.17) is 23.2 Å². The smallest absolute Gasteiger partial charge is 0.263 e. The van der Waals surface area contributed by atoms with Crippen LogP contribution in [0.15, 0.2) is 47.4 Å². The third-order valence-corrected chi connectivity index (χ3v) is 7.38. The maximum Gasteiger partial charge on any atom is 0.263 e. The van der Waals surface area contributed by atoms with Gasteiger partial charge in [0.25, 0.3) is 15.9 Å². The summed E-state index contributed by atoms with van der Waals surface area (Å²) in [5.74, 6) is -0.389. The fraction of sp³-hybridized carbons (Fsp3) is 0.364. The first-order valence-electron chi connectivity index (χ1n) is 10.4. The normalized spacial score (nSPS) is 14.6. The molecule has 1 fully saturated rings. The lowest BCUT2D eigenvalue weighted by Gasteiger charge is -2.20. The number of rotatable bonds is 8. The minimum absolute atomic E-state index is 0.0113. The number of amides is 2. The maximum absolute atomic E-state index is 12.8. The number of benzene rings is 2. The Morgan fingerprint density at radius 2 is 1.56 bits per heavy atom. The second-order valence-corrected chi connectivity index (χ2v) is 10.1. The largest absolute Gasteiger partial charge is 0.354 e. The Bertz CT molecular complexity index is 1070. The van der Waals surface area contributed by atoms with E-state index in [1.165, 1.54) is 36.8 Å². The molecule has 0 radical (unpaired) electrons. The Balaban J connectivity index is 1.58. The molecular formula is C22H25Cl2N3O4S. The molecule has 1 saturated carbocycles. The lowest BCUT2D eigenvalue weighted by Crippen LogP contribution is -2.38. The van der Waals surface area contributed by atoms with Crippen LogP contribution in [-0.4, -0.2) is 33.3 Å². The summed E-state index contributed by atoms with van der Waals surface area (Å²) in [6, 6.07) is 10.2. The van der Waals surface area contributed by atoms with Crippen molar-refractivity contribution in [3.05, 3.63) is 58.1 Å². The Hall–Kier alpha value is -2.29. The van der Waals surface area contributed by atoms with Gasteiger partial charge in [-0.2, -0.15) is 0 Å². The SMILES string of the molecule is O=C(NCCNC(=O)C1CCCCC1)c1ccc(Cl)c(S(=O)(=O)Nc2ccc(Cl)cc2)c1. The van der Waals surface area contributed by atoms with Gasteiger partial charge in [0.05, 0.1) is 5.02 Å². The van der Waals surface area contributed by atoms with Gasteiger partial charge in [0.2, 0.25) is 5.91 Å². The van der Waals surface area contributed by atoms with Crippen LogP contribution in [0, 0.1) is 5.92 Å². The van der Waals surface area contributed by atoms with Crippen LogP contribution in [0.2, 0.25) is 10.0 Å². The number of anilines is 1. The van der Waals surface area contributed by atoms with Crippen molar-refractivity contribution in [1.29, 1.82) is 0 Å². The minimum Gasteiger partial charge on any atom is -0.354 e. The molecule has 2 amide bonds. The fourth-order valence-electron chi connectivity index (χ4n) is 3.55. The molecule has 1 aliphatic carbocycles. The Morgan fingerprint density at radius 1 is 0.906 bits per heavy atom. The van der Waals surface area contributed by atoms with Crippen molar-refractivity contribution in [3.63, 3.8) is 0 Å². The van der Waals surface area contributed by atoms with Crippen LogP contribution in [0.1, 0.15) is 42.5 Å². The second-order valence-electron chi connectivity index (χ2n) is 7.64. The third kappa shape index (κ3) is 6.60. The van der Waals surface area contributed by atoms with Gasteiger partial charge < -0.3 is 10.6 Å². The van der Waals surface area contributed by atoms with Gasteiger partial charge in [0, 0.05) is 35.3 Å². The van der Waals surface area contributed by atoms with Crippen molar-refractivity contribution < 1.29 is 18.0 Å². The highest BCUT2D eigenvalue weighted by Gasteiger charge is 2.22. The first-order chi connectivity index (χ1) is 15.3. The average molecular weight is 498 g/mol. The minimum atomic E-state index is -4.02. The molecule has 7 nitrogen and oxygen atoms in total. The van der Waals surface area contributed by atoms with Crippen LogP contribution < -0.4 is 15.4 Å². The number of carbonyl (C=O) groups is 2. The summed E-state index contributed by atoms with van der Waals surface area (Å²) in [5.41, 5.74) is 0.457. The molecule has 32 heavy (non-hydrogen) atoms. The van der Waals surface area contributed by atoms with Crippen LogP contribution in [-0.2, 0) is 14.8 Å². The van der Waals surface area contributed by atoms with Crippen LogP contribution >= 0.6 is 23.2 Å². The van der Waals surface area contributed by atoms with Crippen LogP contribution in [0.25, 0.3) is 0 Å². The summed E-state index contributed by atoms with van der Waals surface area (Å²) in [7, 11) is -4.02. The van der Waals surface area contributed by atoms with Crippen molar-refractivity contribution >= 4 is 50.7 Å². The monoisotopic (exact) mass is 497 g/mol. The van der Waals surface area contributed by atoms with E-state index >= 15 is 0 Å². The molecule has 1 aliphatic rings. The molecule has 0 aliphatic heterocycles. The van der Waals surface area contributed by atoms with Crippen LogP contribution in [0.3, 0.4) is 0 Å². The number of sulfonamides is 1. The first kappa shape index (κ1) is 24.4. The van der Waals surface area contributed by atoms with Gasteiger partial charge in [0.1, 0.15) is 4.90 Å². The van der Waals surface area contributed by atoms with E-state index in [0.29, 0.717) is 17.3 Å². The number of hydrogen-bond donors (Lipinski definition) is 3. The Labute approximate surface area is 197 Å². The summed E-state index contributed by atoms with van der Waals surface area (Å²) in [6.45, 7) is 0.531. The van der Waals surface area contributed by atoms with Gasteiger partial charge in [-0.3, -0.25) is 14.3 Å².